The molecule has 0 aliphatic carbocycles. The Hall–Kier alpha value is -3.62. The first-order valence-electron chi connectivity index (χ1n) is 9.06. The molecule has 1 saturated heterocycles. The molecule has 1 aliphatic heterocycles. The van der Waals surface area contributed by atoms with Crippen molar-refractivity contribution in [3.63, 3.8) is 0 Å². The Morgan fingerprint density at radius 3 is 2.62 bits per heavy atom. The minimum absolute atomic E-state index is 0.0158. The molecule has 152 valence electrons. The van der Waals surface area contributed by atoms with E-state index in [1.54, 1.807) is 42.5 Å². The fraction of sp³-hybridized carbons (Fsp3) is 0.300. The highest BCUT2D eigenvalue weighted by Crippen LogP contribution is 2.25. The molecule has 9 heteroatoms. The molecular formula is C20H21N3O6. The summed E-state index contributed by atoms with van der Waals surface area (Å²) >= 11 is 0. The van der Waals surface area contributed by atoms with Crippen molar-refractivity contribution in [3.8, 4) is 0 Å². The van der Waals surface area contributed by atoms with Crippen LogP contribution in [0.1, 0.15) is 23.8 Å². The van der Waals surface area contributed by atoms with Crippen LogP contribution in [0, 0.1) is 5.92 Å². The number of likely N-dealkylation sites (tertiary alicyclic amines) is 1. The van der Waals surface area contributed by atoms with Crippen LogP contribution >= 0.6 is 0 Å². The number of furan rings is 1. The summed E-state index contributed by atoms with van der Waals surface area (Å²) in [6.07, 6.45) is 0.185. The summed E-state index contributed by atoms with van der Waals surface area (Å²) in [7, 11) is 1.36. The normalized spacial score (nSPS) is 16.9. The highest BCUT2D eigenvalue weighted by atomic mass is 16.5. The van der Waals surface area contributed by atoms with E-state index in [0.717, 1.165) is 0 Å². The van der Waals surface area contributed by atoms with E-state index in [-0.39, 0.29) is 25.4 Å². The van der Waals surface area contributed by atoms with Gasteiger partial charge in [-0.25, -0.2) is 4.79 Å². The van der Waals surface area contributed by atoms with Crippen LogP contribution in [0.2, 0.25) is 0 Å². The fourth-order valence-electron chi connectivity index (χ4n) is 3.03. The van der Waals surface area contributed by atoms with Crippen molar-refractivity contribution in [2.75, 3.05) is 13.6 Å². The zero-order chi connectivity index (χ0) is 20.8. The van der Waals surface area contributed by atoms with E-state index in [4.69, 9.17) is 9.15 Å². The minimum atomic E-state index is -1.31. The lowest BCUT2D eigenvalue weighted by Crippen LogP contribution is -2.41. The summed E-state index contributed by atoms with van der Waals surface area (Å²) in [4.78, 5) is 50.4. The second-order valence-corrected chi connectivity index (χ2v) is 6.55. The first-order chi connectivity index (χ1) is 14.0. The summed E-state index contributed by atoms with van der Waals surface area (Å²) in [6.45, 7) is 0.422. The number of carbonyl (C=O) groups excluding carboxylic acids is 4. The fourth-order valence-corrected chi connectivity index (χ4v) is 3.03. The van der Waals surface area contributed by atoms with Crippen molar-refractivity contribution in [1.82, 2.24) is 15.5 Å². The Labute approximate surface area is 167 Å². The zero-order valence-corrected chi connectivity index (χ0v) is 15.8. The molecule has 1 fully saturated rings. The molecule has 2 heterocycles. The van der Waals surface area contributed by atoms with Gasteiger partial charge in [-0.05, 0) is 12.1 Å². The maximum Gasteiger partial charge on any atom is 0.321 e. The average Bonchev–Trinajstić information content (AvgIpc) is 3.36. The van der Waals surface area contributed by atoms with Gasteiger partial charge in [0.15, 0.2) is 0 Å². The Morgan fingerprint density at radius 1 is 1.21 bits per heavy atom. The number of urea groups is 1. The molecule has 3 rings (SSSR count). The zero-order valence-electron chi connectivity index (χ0n) is 15.8. The predicted molar refractivity (Wildman–Crippen MR) is 100 cm³/mol. The smallest absolute Gasteiger partial charge is 0.321 e. The summed E-state index contributed by atoms with van der Waals surface area (Å²) < 4.78 is 10.7. The standard InChI is InChI=1S/C20H21N3O6/c1-21-20(27)22-18(25)17(13-6-3-2-4-7-13)29-19(26)14-10-16(24)23(11-14)12-15-8-5-9-28-15/h2-9,14,17H,10-12H2,1H3,(H2,21,22,25,27)/t14-,17+/m0/s1. The molecular weight excluding hydrogens is 378 g/mol. The molecule has 9 nitrogen and oxygen atoms in total. The topological polar surface area (TPSA) is 118 Å². The van der Waals surface area contributed by atoms with E-state index in [2.05, 4.69) is 10.6 Å². The summed E-state index contributed by atoms with van der Waals surface area (Å²) in [6, 6.07) is 11.1. The number of carbonyl (C=O) groups is 4. The van der Waals surface area contributed by atoms with Crippen LogP contribution in [-0.2, 0) is 25.7 Å². The van der Waals surface area contributed by atoms with Crippen molar-refractivity contribution < 1.29 is 28.3 Å². The molecule has 1 aromatic carbocycles. The van der Waals surface area contributed by atoms with E-state index < -0.39 is 29.9 Å². The third-order valence-electron chi connectivity index (χ3n) is 4.51. The molecule has 4 amide bonds. The van der Waals surface area contributed by atoms with Gasteiger partial charge in [0.05, 0.1) is 18.7 Å². The number of nitrogens with one attached hydrogen (secondary N) is 2. The largest absolute Gasteiger partial charge is 0.467 e. The SMILES string of the molecule is CNC(=O)NC(=O)[C@H](OC(=O)[C@H]1CC(=O)N(Cc2ccco2)C1)c1ccccc1. The van der Waals surface area contributed by atoms with Crippen LogP contribution in [-0.4, -0.2) is 42.3 Å². The number of imide groups is 1. The van der Waals surface area contributed by atoms with Gasteiger partial charge in [0.25, 0.3) is 5.91 Å². The lowest BCUT2D eigenvalue weighted by molar-refractivity contribution is -0.159. The summed E-state index contributed by atoms with van der Waals surface area (Å²) in [5.41, 5.74) is 0.416. The molecule has 1 aliphatic rings. The predicted octanol–water partition coefficient (Wildman–Crippen LogP) is 1.37. The molecule has 0 unspecified atom stereocenters. The van der Waals surface area contributed by atoms with Gasteiger partial charge in [0.1, 0.15) is 5.76 Å². The van der Waals surface area contributed by atoms with E-state index in [1.165, 1.54) is 18.2 Å². The lowest BCUT2D eigenvalue weighted by Gasteiger charge is -2.20. The molecule has 29 heavy (non-hydrogen) atoms. The number of nitrogens with zero attached hydrogens (tertiary/aromatic N) is 1. The number of hydrogen-bond acceptors (Lipinski definition) is 6. The average molecular weight is 399 g/mol. The molecule has 0 saturated carbocycles. The van der Waals surface area contributed by atoms with Gasteiger partial charge in [0.2, 0.25) is 12.0 Å². The minimum Gasteiger partial charge on any atom is -0.467 e. The lowest BCUT2D eigenvalue weighted by atomic mass is 10.1. The summed E-state index contributed by atoms with van der Waals surface area (Å²) in [5.74, 6) is -1.76. The number of amides is 4. The van der Waals surface area contributed by atoms with Crippen molar-refractivity contribution in [2.45, 2.75) is 19.1 Å². The number of ether oxygens (including phenoxy) is 1. The van der Waals surface area contributed by atoms with Crippen LogP contribution in [0.5, 0.6) is 0 Å². The second-order valence-electron chi connectivity index (χ2n) is 6.55. The molecule has 1 aromatic heterocycles. The highest BCUT2D eigenvalue weighted by Gasteiger charge is 2.38. The Kier molecular flexibility index (Phi) is 6.28. The molecule has 2 aromatic rings. The van der Waals surface area contributed by atoms with Crippen molar-refractivity contribution in [1.29, 1.82) is 0 Å². The maximum atomic E-state index is 12.7. The van der Waals surface area contributed by atoms with Gasteiger partial charge >= 0.3 is 12.0 Å². The van der Waals surface area contributed by atoms with Gasteiger partial charge in [-0.15, -0.1) is 0 Å². The summed E-state index contributed by atoms with van der Waals surface area (Å²) in [5, 5.41) is 4.39. The van der Waals surface area contributed by atoms with Crippen LogP contribution in [0.3, 0.4) is 0 Å². The van der Waals surface area contributed by atoms with Crippen LogP contribution in [0.25, 0.3) is 0 Å². The molecule has 2 atom stereocenters. The van der Waals surface area contributed by atoms with E-state index in [0.29, 0.717) is 11.3 Å². The number of benzene rings is 1. The second kappa shape index (κ2) is 9.05. The third kappa shape index (κ3) is 5.01. The van der Waals surface area contributed by atoms with Gasteiger partial charge in [0, 0.05) is 25.6 Å². The van der Waals surface area contributed by atoms with Gasteiger partial charge in [-0.1, -0.05) is 30.3 Å². The van der Waals surface area contributed by atoms with Crippen LogP contribution in [0.4, 0.5) is 4.79 Å². The van der Waals surface area contributed by atoms with Gasteiger partial charge in [-0.3, -0.25) is 19.7 Å². The Bertz CT molecular complexity index is 881. The van der Waals surface area contributed by atoms with E-state index in [9.17, 15) is 19.2 Å². The monoisotopic (exact) mass is 399 g/mol. The first-order valence-corrected chi connectivity index (χ1v) is 9.06. The first kappa shape index (κ1) is 20.1. The molecule has 0 spiro atoms. The number of esters is 1. The maximum absolute atomic E-state index is 12.7. The van der Waals surface area contributed by atoms with Crippen LogP contribution in [0.15, 0.2) is 53.1 Å². The van der Waals surface area contributed by atoms with Gasteiger partial charge < -0.3 is 19.4 Å². The van der Waals surface area contributed by atoms with E-state index in [1.807, 2.05) is 0 Å². The van der Waals surface area contributed by atoms with Gasteiger partial charge in [-0.2, -0.15) is 0 Å². The Balaban J connectivity index is 1.68. The quantitative estimate of drug-likeness (QED) is 0.709. The van der Waals surface area contributed by atoms with Crippen molar-refractivity contribution in [2.24, 2.45) is 5.92 Å². The third-order valence-corrected chi connectivity index (χ3v) is 4.51. The number of rotatable bonds is 6. The Morgan fingerprint density at radius 2 is 1.97 bits per heavy atom. The molecule has 0 bridgehead atoms. The van der Waals surface area contributed by atoms with Crippen molar-refractivity contribution >= 4 is 23.8 Å². The number of hydrogen-bond donors (Lipinski definition) is 2. The highest BCUT2D eigenvalue weighted by molar-refractivity contribution is 5.98. The van der Waals surface area contributed by atoms with Crippen molar-refractivity contribution in [3.05, 3.63) is 60.1 Å². The molecule has 2 N–H and O–H groups in total. The van der Waals surface area contributed by atoms with Crippen LogP contribution < -0.4 is 10.6 Å². The molecule has 0 radical (unpaired) electrons. The van der Waals surface area contributed by atoms with E-state index >= 15 is 0 Å².